The van der Waals surface area contributed by atoms with Crippen LogP contribution in [0.25, 0.3) is 21.5 Å². The van der Waals surface area contributed by atoms with Crippen LogP contribution in [0.1, 0.15) is 87.3 Å². The number of piperidine rings is 1. The van der Waals surface area contributed by atoms with Crippen molar-refractivity contribution in [2.45, 2.75) is 96.4 Å². The second-order valence-electron chi connectivity index (χ2n) is 15.2. The van der Waals surface area contributed by atoms with Crippen LogP contribution in [0.3, 0.4) is 0 Å². The molecule has 1 aliphatic rings. The average Bonchev–Trinajstić information content (AvgIpc) is 3.74. The minimum absolute atomic E-state index is 0.0156. The largest absolute Gasteiger partial charge is 0.444 e. The number of nitrogens with one attached hydrogen (secondary N) is 2. The molecule has 0 spiro atoms. The maximum Gasteiger partial charge on any atom is 0.407 e. The highest BCUT2D eigenvalue weighted by Crippen LogP contribution is 2.31. The monoisotopic (exact) mass is 731 g/mol. The summed E-state index contributed by atoms with van der Waals surface area (Å²) in [5, 5.41) is 15.4. The summed E-state index contributed by atoms with van der Waals surface area (Å²) in [6.07, 6.45) is 2.69. The van der Waals surface area contributed by atoms with Crippen LogP contribution in [0.5, 0.6) is 0 Å². The first kappa shape index (κ1) is 39.0. The Morgan fingerprint density at radius 2 is 1.79 bits per heavy atom. The summed E-state index contributed by atoms with van der Waals surface area (Å²) >= 11 is 1.38. The fourth-order valence-corrected chi connectivity index (χ4v) is 7.43. The Morgan fingerprint density at radius 1 is 1.04 bits per heavy atom. The molecule has 2 aromatic heterocycles. The molecule has 2 aromatic carbocycles. The lowest BCUT2D eigenvalue weighted by Gasteiger charge is -2.34. The van der Waals surface area contributed by atoms with E-state index in [0.29, 0.717) is 31.0 Å². The van der Waals surface area contributed by atoms with Crippen LogP contribution >= 0.6 is 11.3 Å². The Balaban J connectivity index is 1.29. The summed E-state index contributed by atoms with van der Waals surface area (Å²) in [4.78, 5) is 48.1. The molecule has 52 heavy (non-hydrogen) atoms. The van der Waals surface area contributed by atoms with Gasteiger partial charge in [-0.3, -0.25) is 9.59 Å². The lowest BCUT2D eigenvalue weighted by Crippen LogP contribution is -2.46. The van der Waals surface area contributed by atoms with Crippen molar-refractivity contribution in [3.05, 3.63) is 76.9 Å². The summed E-state index contributed by atoms with van der Waals surface area (Å²) in [5.74, 6) is 0.861. The van der Waals surface area contributed by atoms with E-state index in [1.54, 1.807) is 27.0 Å². The highest BCUT2D eigenvalue weighted by atomic mass is 32.1. The van der Waals surface area contributed by atoms with Gasteiger partial charge in [0.2, 0.25) is 5.91 Å². The number of alkyl carbamates (subject to hydrolysis) is 1. The summed E-state index contributed by atoms with van der Waals surface area (Å²) in [7, 11) is 1.71. The molecule has 0 unspecified atom stereocenters. The molecule has 3 heterocycles. The number of aliphatic hydroxyl groups excluding tert-OH is 1. The van der Waals surface area contributed by atoms with Crippen molar-refractivity contribution in [2.75, 3.05) is 33.4 Å². The summed E-state index contributed by atoms with van der Waals surface area (Å²) in [6.45, 7) is 11.5. The third kappa shape index (κ3) is 10.4. The topological polar surface area (TPSA) is 135 Å². The quantitative estimate of drug-likeness (QED) is 0.126. The normalized spacial score (nSPS) is 15.8. The maximum absolute atomic E-state index is 14.0. The first-order chi connectivity index (χ1) is 24.7. The Labute approximate surface area is 310 Å². The molecule has 1 aliphatic heterocycles. The molecule has 0 saturated carbocycles. The van der Waals surface area contributed by atoms with E-state index in [1.165, 1.54) is 11.3 Å². The average molecular weight is 732 g/mol. The Hall–Kier alpha value is -4.26. The third-order valence-corrected chi connectivity index (χ3v) is 10.2. The van der Waals surface area contributed by atoms with Gasteiger partial charge in [-0.05, 0) is 95.7 Å². The van der Waals surface area contributed by atoms with E-state index >= 15 is 0 Å². The number of amides is 3. The number of carbonyl (C=O) groups is 3. The number of rotatable bonds is 14. The Bertz CT molecular complexity index is 1830. The highest BCUT2D eigenvalue weighted by Gasteiger charge is 2.31. The number of hydrogen-bond acceptors (Lipinski definition) is 8. The van der Waals surface area contributed by atoms with Gasteiger partial charge in [-0.15, -0.1) is 11.3 Å². The molecule has 0 aliphatic carbocycles. The van der Waals surface area contributed by atoms with Crippen LogP contribution in [0.2, 0.25) is 0 Å². The first-order valence-electron chi connectivity index (χ1n) is 18.1. The van der Waals surface area contributed by atoms with Crippen molar-refractivity contribution in [1.29, 1.82) is 0 Å². The number of aliphatic hydroxyl groups is 1. The van der Waals surface area contributed by atoms with Gasteiger partial charge in [0, 0.05) is 56.6 Å². The second-order valence-corrected chi connectivity index (χ2v) is 16.3. The van der Waals surface area contributed by atoms with E-state index in [1.807, 2.05) is 74.2 Å². The van der Waals surface area contributed by atoms with Crippen molar-refractivity contribution in [3.63, 3.8) is 0 Å². The number of aromatic nitrogens is 2. The van der Waals surface area contributed by atoms with Gasteiger partial charge in [0.05, 0.1) is 28.1 Å². The molecule has 3 N–H and O–H groups in total. The van der Waals surface area contributed by atoms with Crippen LogP contribution in [0.15, 0.2) is 60.7 Å². The summed E-state index contributed by atoms with van der Waals surface area (Å²) < 4.78 is 13.2. The van der Waals surface area contributed by atoms with Crippen LogP contribution in [0, 0.1) is 0 Å². The number of ether oxygens (including phenoxy) is 2. The number of imidazole rings is 1. The minimum Gasteiger partial charge on any atom is -0.444 e. The predicted molar refractivity (Wildman–Crippen MR) is 205 cm³/mol. The van der Waals surface area contributed by atoms with Gasteiger partial charge in [-0.1, -0.05) is 36.4 Å². The Kier molecular flexibility index (Phi) is 12.8. The van der Waals surface area contributed by atoms with Crippen molar-refractivity contribution in [2.24, 2.45) is 0 Å². The van der Waals surface area contributed by atoms with Crippen LogP contribution in [-0.2, 0) is 27.2 Å². The van der Waals surface area contributed by atoms with Gasteiger partial charge in [-0.25, -0.2) is 9.78 Å². The fraction of sp³-hybridized carbons (Fsp3) is 0.500. The molecule has 3 amide bonds. The van der Waals surface area contributed by atoms with Crippen LogP contribution < -0.4 is 10.6 Å². The van der Waals surface area contributed by atoms with E-state index in [9.17, 15) is 19.5 Å². The maximum atomic E-state index is 14.0. The zero-order chi connectivity index (χ0) is 37.5. The summed E-state index contributed by atoms with van der Waals surface area (Å²) in [6, 6.07) is 19.3. The molecule has 2 atom stereocenters. The molecular formula is C40H53N5O6S. The number of fused-ring (bicyclic) bond motifs is 1. The molecule has 1 saturated heterocycles. The van der Waals surface area contributed by atoms with Crippen LogP contribution in [0.4, 0.5) is 4.79 Å². The number of para-hydroxylation sites is 2. The number of carbonyl (C=O) groups excluding carboxylic acids is 3. The van der Waals surface area contributed by atoms with Crippen molar-refractivity contribution in [1.82, 2.24) is 25.1 Å². The van der Waals surface area contributed by atoms with E-state index < -0.39 is 23.3 Å². The number of likely N-dealkylation sites (tertiary alicyclic amines) is 1. The molecule has 0 bridgehead atoms. The van der Waals surface area contributed by atoms with Crippen molar-refractivity contribution >= 4 is 40.3 Å². The number of aryl methyl sites for hydroxylation is 1. The molecule has 11 nitrogen and oxygen atoms in total. The molecular weight excluding hydrogens is 679 g/mol. The molecule has 5 rings (SSSR count). The predicted octanol–water partition coefficient (Wildman–Crippen LogP) is 6.53. The van der Waals surface area contributed by atoms with Crippen molar-refractivity contribution in [3.8, 4) is 10.4 Å². The van der Waals surface area contributed by atoms with Gasteiger partial charge in [0.15, 0.2) is 0 Å². The zero-order valence-corrected chi connectivity index (χ0v) is 32.1. The van der Waals surface area contributed by atoms with Gasteiger partial charge < -0.3 is 34.7 Å². The SMILES string of the molecule is COCCCn1c([C@@H]2CCCN(C(=O)C[C@@H](Cc3ccc(-c4ccc(C(=O)NC(C)(C)CO)s4)cc3)NC(=O)OC(C)(C)C)C2)nc2ccccc21. The molecule has 1 fully saturated rings. The second kappa shape index (κ2) is 17.0. The number of nitrogens with zero attached hydrogens (tertiary/aromatic N) is 3. The lowest BCUT2D eigenvalue weighted by atomic mass is 9.95. The van der Waals surface area contributed by atoms with Gasteiger partial charge in [0.1, 0.15) is 11.4 Å². The zero-order valence-electron chi connectivity index (χ0n) is 31.2. The Morgan fingerprint density at radius 3 is 2.50 bits per heavy atom. The molecule has 0 radical (unpaired) electrons. The van der Waals surface area contributed by atoms with Gasteiger partial charge in [-0.2, -0.15) is 0 Å². The van der Waals surface area contributed by atoms with E-state index in [-0.39, 0.29) is 30.8 Å². The van der Waals surface area contributed by atoms with E-state index in [0.717, 1.165) is 58.7 Å². The number of methoxy groups -OCH3 is 1. The molecule has 280 valence electrons. The van der Waals surface area contributed by atoms with Crippen LogP contribution in [-0.4, -0.2) is 88.1 Å². The number of benzene rings is 2. The number of thiophene rings is 1. The standard InChI is InChI=1S/C40H53N5O6S/c1-39(2,3)51-38(49)41-30(23-27-14-16-28(17-15-27)33-18-19-34(52-33)37(48)43-40(4,5)26-46)24-35(47)44-20-9-11-29(25-44)36-42-31-12-7-8-13-32(31)45(36)21-10-22-50-6/h7-8,12-19,29-30,46H,9-11,20-26H2,1-6H3,(H,41,49)(H,43,48)/t29-,30-/m1/s1. The third-order valence-electron chi connectivity index (χ3n) is 9.09. The van der Waals surface area contributed by atoms with Crippen molar-refractivity contribution < 1.29 is 29.0 Å². The van der Waals surface area contributed by atoms with Gasteiger partial charge >= 0.3 is 6.09 Å². The van der Waals surface area contributed by atoms with E-state index in [2.05, 4.69) is 21.3 Å². The van der Waals surface area contributed by atoms with Gasteiger partial charge in [0.25, 0.3) is 5.91 Å². The van der Waals surface area contributed by atoms with E-state index in [4.69, 9.17) is 14.5 Å². The summed E-state index contributed by atoms with van der Waals surface area (Å²) in [5.41, 5.74) is 2.56. The fourth-order valence-electron chi connectivity index (χ4n) is 6.52. The lowest BCUT2D eigenvalue weighted by molar-refractivity contribution is -0.133. The highest BCUT2D eigenvalue weighted by molar-refractivity contribution is 7.17. The number of hydrogen-bond donors (Lipinski definition) is 3. The smallest absolute Gasteiger partial charge is 0.407 e. The first-order valence-corrected chi connectivity index (χ1v) is 18.9. The minimum atomic E-state index is -0.716. The molecule has 12 heteroatoms. The molecule has 4 aromatic rings.